The van der Waals surface area contributed by atoms with Crippen LogP contribution in [0.15, 0.2) is 36.9 Å². The minimum Gasteiger partial charge on any atom is -0.457 e. The van der Waals surface area contributed by atoms with Crippen LogP contribution < -0.4 is 11.1 Å². The first kappa shape index (κ1) is 21.3. The number of aryl methyl sites for hydroxylation is 1. The number of rotatable bonds is 4. The van der Waals surface area contributed by atoms with Gasteiger partial charge in [0.2, 0.25) is 0 Å². The van der Waals surface area contributed by atoms with Gasteiger partial charge in [-0.05, 0) is 42.7 Å². The third-order valence-corrected chi connectivity index (χ3v) is 6.40. The molecular formula is C24H25N7O2. The van der Waals surface area contributed by atoms with E-state index in [1.54, 1.807) is 12.5 Å². The van der Waals surface area contributed by atoms with Gasteiger partial charge in [-0.2, -0.15) is 5.26 Å². The van der Waals surface area contributed by atoms with Crippen LogP contribution in [-0.4, -0.2) is 44.7 Å². The Morgan fingerprint density at radius 2 is 2.15 bits per heavy atom. The highest BCUT2D eigenvalue weighted by atomic mass is 16.5. The van der Waals surface area contributed by atoms with Crippen LogP contribution in [0.25, 0.3) is 5.82 Å². The fourth-order valence-corrected chi connectivity index (χ4v) is 4.64. The van der Waals surface area contributed by atoms with Crippen molar-refractivity contribution >= 4 is 5.97 Å². The summed E-state index contributed by atoms with van der Waals surface area (Å²) in [5, 5.41) is 12.6. The zero-order valence-electron chi connectivity index (χ0n) is 18.6. The highest BCUT2D eigenvalue weighted by Crippen LogP contribution is 2.30. The summed E-state index contributed by atoms with van der Waals surface area (Å²) in [6.45, 7) is 6.38. The van der Waals surface area contributed by atoms with Gasteiger partial charge < -0.3 is 10.5 Å². The van der Waals surface area contributed by atoms with Crippen molar-refractivity contribution in [3.63, 3.8) is 0 Å². The Bertz CT molecular complexity index is 1280. The van der Waals surface area contributed by atoms with Crippen LogP contribution in [0.4, 0.5) is 0 Å². The first-order valence-electron chi connectivity index (χ1n) is 10.9. The number of aromatic nitrogens is 3. The van der Waals surface area contributed by atoms with Crippen LogP contribution in [0.1, 0.15) is 49.9 Å². The predicted octanol–water partition coefficient (Wildman–Crippen LogP) is 1.86. The van der Waals surface area contributed by atoms with Crippen LogP contribution >= 0.6 is 0 Å². The first-order valence-corrected chi connectivity index (χ1v) is 10.9. The average molecular weight is 444 g/mol. The number of nitrogens with zero attached hydrogens (tertiary/aromatic N) is 5. The molecule has 9 heteroatoms. The molecule has 0 radical (unpaired) electrons. The number of carbonyl (C=O) groups excluding carboxylic acids is 1. The van der Waals surface area contributed by atoms with E-state index < -0.39 is 0 Å². The normalized spacial score (nSPS) is 20.4. The van der Waals surface area contributed by atoms with Crippen molar-refractivity contribution in [3.05, 3.63) is 76.0 Å². The highest BCUT2D eigenvalue weighted by Gasteiger charge is 2.30. The third kappa shape index (κ3) is 4.00. The van der Waals surface area contributed by atoms with E-state index >= 15 is 0 Å². The summed E-state index contributed by atoms with van der Waals surface area (Å²) < 4.78 is 7.07. The number of carbonyl (C=O) groups is 1. The molecule has 0 bridgehead atoms. The number of fused-ring (bicyclic) bond motifs is 1. The van der Waals surface area contributed by atoms with Gasteiger partial charge in [-0.1, -0.05) is 6.07 Å². The summed E-state index contributed by atoms with van der Waals surface area (Å²) in [5.41, 5.74) is 12.5. The SMILES string of the molecule is Cc1cc(-n2cnc(CN3C[C@@H](c4ccc5c(c4C)COC5=O)N[C@@H](N)C3)c2)ncc1C#N. The predicted molar refractivity (Wildman–Crippen MR) is 120 cm³/mol. The minimum atomic E-state index is -0.253. The van der Waals surface area contributed by atoms with E-state index in [0.717, 1.165) is 40.3 Å². The molecule has 2 aliphatic rings. The van der Waals surface area contributed by atoms with E-state index in [0.29, 0.717) is 30.8 Å². The van der Waals surface area contributed by atoms with Gasteiger partial charge in [0, 0.05) is 43.6 Å². The number of nitrogens with one attached hydrogen (secondary N) is 1. The molecule has 4 heterocycles. The number of hydrogen-bond donors (Lipinski definition) is 2. The molecule has 0 unspecified atom stereocenters. The lowest BCUT2D eigenvalue weighted by Gasteiger charge is -2.38. The maximum Gasteiger partial charge on any atom is 0.338 e. The van der Waals surface area contributed by atoms with E-state index in [-0.39, 0.29) is 18.2 Å². The standard InChI is InChI=1S/C24H25N7O2/c1-14-5-23(27-7-16(14)6-25)31-9-17(28-13-31)8-30-10-21(29-22(26)11-30)18-3-4-19-20(15(18)2)12-33-24(19)32/h3-5,7,9,13,21-22,29H,8,10-12,26H2,1-2H3/t21-,22+/m0/s1. The fraction of sp³-hybridized carbons (Fsp3) is 0.333. The molecule has 3 N–H and O–H groups in total. The second-order valence-electron chi connectivity index (χ2n) is 8.64. The van der Waals surface area contributed by atoms with E-state index in [2.05, 4.69) is 26.3 Å². The second-order valence-corrected chi connectivity index (χ2v) is 8.64. The van der Waals surface area contributed by atoms with Crippen molar-refractivity contribution in [2.75, 3.05) is 13.1 Å². The number of pyridine rings is 1. The van der Waals surface area contributed by atoms with Gasteiger partial charge in [0.1, 0.15) is 24.8 Å². The van der Waals surface area contributed by atoms with Crippen LogP contribution in [0.3, 0.4) is 0 Å². The van der Waals surface area contributed by atoms with Crippen LogP contribution in [0.2, 0.25) is 0 Å². The number of ether oxygens (including phenoxy) is 1. The van der Waals surface area contributed by atoms with Crippen molar-refractivity contribution < 1.29 is 9.53 Å². The van der Waals surface area contributed by atoms with Gasteiger partial charge in [0.25, 0.3) is 0 Å². The fourth-order valence-electron chi connectivity index (χ4n) is 4.64. The third-order valence-electron chi connectivity index (χ3n) is 6.40. The van der Waals surface area contributed by atoms with Gasteiger partial charge in [0.05, 0.1) is 23.0 Å². The zero-order chi connectivity index (χ0) is 23.1. The molecule has 5 rings (SSSR count). The number of nitrogens with two attached hydrogens (primary N) is 1. The molecule has 168 valence electrons. The molecule has 3 aromatic rings. The lowest BCUT2D eigenvalue weighted by Crippen LogP contribution is -2.56. The molecule has 0 saturated carbocycles. The Morgan fingerprint density at radius 3 is 2.94 bits per heavy atom. The van der Waals surface area contributed by atoms with Crippen molar-refractivity contribution in [1.29, 1.82) is 5.26 Å². The number of hydrogen-bond acceptors (Lipinski definition) is 8. The Kier molecular flexibility index (Phi) is 5.42. The van der Waals surface area contributed by atoms with Crippen LogP contribution in [0.5, 0.6) is 0 Å². The smallest absolute Gasteiger partial charge is 0.338 e. The number of imidazole rings is 1. The molecule has 1 fully saturated rings. The molecule has 2 atom stereocenters. The van der Waals surface area contributed by atoms with Crippen molar-refractivity contribution in [2.45, 2.75) is 39.2 Å². The summed E-state index contributed by atoms with van der Waals surface area (Å²) in [6, 6.07) is 7.92. The number of benzene rings is 1. The monoisotopic (exact) mass is 443 g/mol. The molecule has 9 nitrogen and oxygen atoms in total. The largest absolute Gasteiger partial charge is 0.457 e. The molecule has 1 saturated heterocycles. The van der Waals surface area contributed by atoms with E-state index in [4.69, 9.17) is 15.7 Å². The molecule has 0 amide bonds. The lowest BCUT2D eigenvalue weighted by atomic mass is 9.93. The molecule has 1 aromatic carbocycles. The maximum absolute atomic E-state index is 11.9. The number of nitriles is 1. The number of esters is 1. The Balaban J connectivity index is 1.33. The lowest BCUT2D eigenvalue weighted by molar-refractivity contribution is 0.0535. The van der Waals surface area contributed by atoms with Crippen LogP contribution in [0, 0.1) is 25.2 Å². The van der Waals surface area contributed by atoms with Gasteiger partial charge in [-0.3, -0.25) is 14.8 Å². The Morgan fingerprint density at radius 1 is 1.30 bits per heavy atom. The van der Waals surface area contributed by atoms with Crippen LogP contribution in [-0.2, 0) is 17.9 Å². The Labute approximate surface area is 191 Å². The second kappa shape index (κ2) is 8.41. The molecule has 0 spiro atoms. The zero-order valence-corrected chi connectivity index (χ0v) is 18.6. The van der Waals surface area contributed by atoms with Gasteiger partial charge in [-0.25, -0.2) is 14.8 Å². The molecule has 2 aromatic heterocycles. The van der Waals surface area contributed by atoms with Crippen molar-refractivity contribution in [3.8, 4) is 11.9 Å². The first-order chi connectivity index (χ1) is 15.9. The average Bonchev–Trinajstić information content (AvgIpc) is 3.41. The molecular weight excluding hydrogens is 418 g/mol. The quantitative estimate of drug-likeness (QED) is 0.586. The number of piperazine rings is 1. The summed E-state index contributed by atoms with van der Waals surface area (Å²) in [4.78, 5) is 23.1. The Hall–Kier alpha value is -3.58. The van der Waals surface area contributed by atoms with E-state index in [1.165, 1.54) is 0 Å². The summed E-state index contributed by atoms with van der Waals surface area (Å²) in [5.74, 6) is 0.475. The molecule has 33 heavy (non-hydrogen) atoms. The van der Waals surface area contributed by atoms with Crippen molar-refractivity contribution in [2.24, 2.45) is 5.73 Å². The molecule has 2 aliphatic heterocycles. The highest BCUT2D eigenvalue weighted by molar-refractivity contribution is 5.94. The van der Waals surface area contributed by atoms with Crippen molar-refractivity contribution in [1.82, 2.24) is 24.8 Å². The summed E-state index contributed by atoms with van der Waals surface area (Å²) in [6.07, 6.45) is 5.10. The van der Waals surface area contributed by atoms with Gasteiger partial charge in [0.15, 0.2) is 0 Å². The molecule has 0 aliphatic carbocycles. The number of cyclic esters (lactones) is 1. The van der Waals surface area contributed by atoms with E-state index in [9.17, 15) is 4.79 Å². The topological polar surface area (TPSA) is 122 Å². The van der Waals surface area contributed by atoms with Gasteiger partial charge >= 0.3 is 5.97 Å². The van der Waals surface area contributed by atoms with E-state index in [1.807, 2.05) is 42.8 Å². The summed E-state index contributed by atoms with van der Waals surface area (Å²) in [7, 11) is 0. The minimum absolute atomic E-state index is 0.0414. The summed E-state index contributed by atoms with van der Waals surface area (Å²) >= 11 is 0. The maximum atomic E-state index is 11.9. The van der Waals surface area contributed by atoms with Gasteiger partial charge in [-0.15, -0.1) is 0 Å².